The van der Waals surface area contributed by atoms with Crippen LogP contribution in [0.3, 0.4) is 0 Å². The molecular weight excluding hydrogens is 276 g/mol. The molecule has 5 nitrogen and oxygen atoms in total. The minimum absolute atomic E-state index is 0.0906. The summed E-state index contributed by atoms with van der Waals surface area (Å²) in [7, 11) is 0. The van der Waals surface area contributed by atoms with Crippen molar-refractivity contribution in [1.29, 1.82) is 0 Å². The third kappa shape index (κ3) is 2.30. The van der Waals surface area contributed by atoms with E-state index in [4.69, 9.17) is 4.74 Å². The van der Waals surface area contributed by atoms with Gasteiger partial charge in [0.25, 0.3) is 0 Å². The van der Waals surface area contributed by atoms with E-state index in [1.54, 1.807) is 12.5 Å². The van der Waals surface area contributed by atoms with E-state index >= 15 is 0 Å². The lowest BCUT2D eigenvalue weighted by Gasteiger charge is -2.23. The number of benzene rings is 1. The molecule has 1 unspecified atom stereocenters. The van der Waals surface area contributed by atoms with Crippen molar-refractivity contribution in [2.45, 2.75) is 19.1 Å². The maximum atomic E-state index is 5.99. The molecule has 0 spiro atoms. The van der Waals surface area contributed by atoms with Crippen molar-refractivity contribution in [3.63, 3.8) is 0 Å². The standard InChI is InChI=1S/C17H16N4O/c1-2-6-15-13(5-1)9-20-21(15)16-7-3-4-8-17(16)22-11-14-10-18-12-19-14/h1-6,8-10,12,16H,7,11H2,(H,18,19). The van der Waals surface area contributed by atoms with Crippen molar-refractivity contribution in [3.8, 4) is 0 Å². The van der Waals surface area contributed by atoms with E-state index in [2.05, 4.69) is 33.3 Å². The third-order valence-corrected chi connectivity index (χ3v) is 3.83. The normalized spacial score (nSPS) is 17.6. The van der Waals surface area contributed by atoms with Crippen LogP contribution in [0.25, 0.3) is 10.9 Å². The zero-order valence-electron chi connectivity index (χ0n) is 12.0. The summed E-state index contributed by atoms with van der Waals surface area (Å²) in [5.74, 6) is 0.922. The molecule has 1 atom stereocenters. The summed E-state index contributed by atoms with van der Waals surface area (Å²) in [5.41, 5.74) is 2.08. The molecule has 110 valence electrons. The first-order chi connectivity index (χ1) is 10.9. The van der Waals surface area contributed by atoms with Crippen LogP contribution in [0, 0.1) is 0 Å². The van der Waals surface area contributed by atoms with Gasteiger partial charge >= 0.3 is 0 Å². The highest BCUT2D eigenvalue weighted by Crippen LogP contribution is 2.30. The maximum Gasteiger partial charge on any atom is 0.129 e. The first-order valence-corrected chi connectivity index (χ1v) is 7.31. The summed E-state index contributed by atoms with van der Waals surface area (Å²) in [6.45, 7) is 0.482. The number of H-pyrrole nitrogens is 1. The average molecular weight is 292 g/mol. The largest absolute Gasteiger partial charge is 0.489 e. The number of hydrogen-bond acceptors (Lipinski definition) is 3. The van der Waals surface area contributed by atoms with E-state index in [1.165, 1.54) is 0 Å². The molecule has 2 heterocycles. The fraction of sp³-hybridized carbons (Fsp3) is 0.176. The zero-order valence-corrected chi connectivity index (χ0v) is 12.0. The maximum absolute atomic E-state index is 5.99. The second-order valence-corrected chi connectivity index (χ2v) is 5.26. The molecule has 2 aromatic heterocycles. The molecule has 0 saturated carbocycles. The van der Waals surface area contributed by atoms with Gasteiger partial charge in [-0.15, -0.1) is 0 Å². The van der Waals surface area contributed by atoms with Gasteiger partial charge in [0.2, 0.25) is 0 Å². The number of rotatable bonds is 4. The van der Waals surface area contributed by atoms with Crippen molar-refractivity contribution >= 4 is 10.9 Å². The summed E-state index contributed by atoms with van der Waals surface area (Å²) in [6, 6.07) is 8.32. The Balaban J connectivity index is 1.62. The van der Waals surface area contributed by atoms with E-state index in [9.17, 15) is 0 Å². The van der Waals surface area contributed by atoms with Gasteiger partial charge in [0.05, 0.1) is 29.9 Å². The van der Waals surface area contributed by atoms with Gasteiger partial charge in [0.15, 0.2) is 0 Å². The molecule has 3 aromatic rings. The molecule has 1 aliphatic rings. The quantitative estimate of drug-likeness (QED) is 0.802. The number of aromatic nitrogens is 4. The fourth-order valence-corrected chi connectivity index (χ4v) is 2.73. The Morgan fingerprint density at radius 1 is 1.27 bits per heavy atom. The second-order valence-electron chi connectivity index (χ2n) is 5.26. The van der Waals surface area contributed by atoms with Gasteiger partial charge in [-0.1, -0.05) is 30.4 Å². The molecular formula is C17H16N4O. The van der Waals surface area contributed by atoms with Gasteiger partial charge in [-0.25, -0.2) is 4.98 Å². The highest BCUT2D eigenvalue weighted by molar-refractivity contribution is 5.78. The van der Waals surface area contributed by atoms with Crippen molar-refractivity contribution in [2.24, 2.45) is 0 Å². The van der Waals surface area contributed by atoms with Gasteiger partial charge in [0, 0.05) is 5.39 Å². The van der Waals surface area contributed by atoms with E-state index in [1.807, 2.05) is 35.2 Å². The van der Waals surface area contributed by atoms with Crippen LogP contribution in [0.5, 0.6) is 0 Å². The molecule has 0 fully saturated rings. The summed E-state index contributed by atoms with van der Waals surface area (Å²) < 4.78 is 8.03. The molecule has 1 aromatic carbocycles. The van der Waals surface area contributed by atoms with Crippen LogP contribution in [0.2, 0.25) is 0 Å². The van der Waals surface area contributed by atoms with Crippen LogP contribution in [-0.2, 0) is 11.3 Å². The predicted molar refractivity (Wildman–Crippen MR) is 84.0 cm³/mol. The monoisotopic (exact) mass is 292 g/mol. The number of imidazole rings is 1. The smallest absolute Gasteiger partial charge is 0.129 e. The number of para-hydroxylation sites is 1. The molecule has 5 heteroatoms. The summed E-state index contributed by atoms with van der Waals surface area (Å²) in [4.78, 5) is 7.06. The molecule has 0 bridgehead atoms. The number of hydrogen-bond donors (Lipinski definition) is 1. The van der Waals surface area contributed by atoms with E-state index in [-0.39, 0.29) is 6.04 Å². The number of ether oxygens (including phenoxy) is 1. The molecule has 22 heavy (non-hydrogen) atoms. The van der Waals surface area contributed by atoms with Crippen LogP contribution < -0.4 is 0 Å². The number of nitrogens with one attached hydrogen (secondary N) is 1. The lowest BCUT2D eigenvalue weighted by molar-refractivity contribution is 0.159. The Hall–Kier alpha value is -2.82. The van der Waals surface area contributed by atoms with Gasteiger partial charge in [-0.2, -0.15) is 5.10 Å². The van der Waals surface area contributed by atoms with Crippen molar-refractivity contribution < 1.29 is 4.74 Å². The van der Waals surface area contributed by atoms with E-state index in [0.717, 1.165) is 28.8 Å². The molecule has 4 rings (SSSR count). The Bertz CT molecular complexity index is 829. The second kappa shape index (κ2) is 5.52. The zero-order chi connectivity index (χ0) is 14.8. The van der Waals surface area contributed by atoms with Crippen molar-refractivity contribution in [3.05, 3.63) is 72.7 Å². The van der Waals surface area contributed by atoms with Gasteiger partial charge in [-0.3, -0.25) is 4.68 Å². The van der Waals surface area contributed by atoms with Crippen LogP contribution in [0.4, 0.5) is 0 Å². The number of allylic oxidation sites excluding steroid dienone is 4. The lowest BCUT2D eigenvalue weighted by Crippen LogP contribution is -2.16. The minimum atomic E-state index is 0.0906. The number of fused-ring (bicyclic) bond motifs is 1. The van der Waals surface area contributed by atoms with Crippen molar-refractivity contribution in [1.82, 2.24) is 19.7 Å². The Labute approximate surface area is 127 Å². The molecule has 0 amide bonds. The first kappa shape index (κ1) is 12.9. The first-order valence-electron chi connectivity index (χ1n) is 7.31. The summed E-state index contributed by atoms with van der Waals surface area (Å²) >= 11 is 0. The summed E-state index contributed by atoms with van der Waals surface area (Å²) in [5, 5.41) is 5.70. The van der Waals surface area contributed by atoms with Crippen molar-refractivity contribution in [2.75, 3.05) is 0 Å². The van der Waals surface area contributed by atoms with Crippen LogP contribution in [-0.4, -0.2) is 19.7 Å². The molecule has 0 saturated heterocycles. The molecule has 0 aliphatic heterocycles. The van der Waals surface area contributed by atoms with Gasteiger partial charge in [-0.05, 0) is 18.6 Å². The predicted octanol–water partition coefficient (Wildman–Crippen LogP) is 3.36. The Morgan fingerprint density at radius 2 is 2.23 bits per heavy atom. The van der Waals surface area contributed by atoms with Crippen LogP contribution in [0.15, 0.2) is 67.0 Å². The average Bonchev–Trinajstić information content (AvgIpc) is 3.23. The number of nitrogens with zero attached hydrogens (tertiary/aromatic N) is 3. The lowest BCUT2D eigenvalue weighted by atomic mass is 10.1. The van der Waals surface area contributed by atoms with Crippen LogP contribution >= 0.6 is 0 Å². The van der Waals surface area contributed by atoms with Crippen LogP contribution in [0.1, 0.15) is 18.2 Å². The highest BCUT2D eigenvalue weighted by Gasteiger charge is 2.21. The molecule has 1 N–H and O–H groups in total. The summed E-state index contributed by atoms with van der Waals surface area (Å²) in [6.07, 6.45) is 12.4. The molecule has 1 aliphatic carbocycles. The Morgan fingerprint density at radius 3 is 3.14 bits per heavy atom. The molecule has 0 radical (unpaired) electrons. The third-order valence-electron chi connectivity index (χ3n) is 3.83. The van der Waals surface area contributed by atoms with E-state index < -0.39 is 0 Å². The number of aromatic amines is 1. The van der Waals surface area contributed by atoms with E-state index in [0.29, 0.717) is 6.61 Å². The fourth-order valence-electron chi connectivity index (χ4n) is 2.73. The van der Waals surface area contributed by atoms with Gasteiger partial charge < -0.3 is 9.72 Å². The topological polar surface area (TPSA) is 55.7 Å². The minimum Gasteiger partial charge on any atom is -0.489 e. The Kier molecular flexibility index (Phi) is 3.23. The SMILES string of the molecule is C1=CCC(n2ncc3ccccc32)C(OCc2cnc[nH]2)=C1. The van der Waals surface area contributed by atoms with Gasteiger partial charge in [0.1, 0.15) is 18.4 Å². The highest BCUT2D eigenvalue weighted by atomic mass is 16.5.